The number of rotatable bonds is 1. The fraction of sp³-hybridized carbons (Fsp3) is 0.312. The number of aromatic nitrogens is 1. The fourth-order valence-corrected chi connectivity index (χ4v) is 2.97. The van der Waals surface area contributed by atoms with E-state index in [0.29, 0.717) is 0 Å². The molecule has 0 aliphatic heterocycles. The molecule has 17 heavy (non-hydrogen) atoms. The second-order valence-electron chi connectivity index (χ2n) is 4.84. The molecule has 0 saturated carbocycles. The predicted molar refractivity (Wildman–Crippen MR) is 71.2 cm³/mol. The van der Waals surface area contributed by atoms with Gasteiger partial charge in [0.15, 0.2) is 0 Å². The van der Waals surface area contributed by atoms with Crippen LogP contribution in [-0.2, 0) is 12.8 Å². The van der Waals surface area contributed by atoms with Gasteiger partial charge in [-0.15, -0.1) is 0 Å². The van der Waals surface area contributed by atoms with Gasteiger partial charge >= 0.3 is 0 Å². The fourth-order valence-electron chi connectivity index (χ4n) is 2.97. The molecule has 0 amide bonds. The number of hydrogen-bond donors (Lipinski definition) is 0. The lowest BCUT2D eigenvalue weighted by molar-refractivity contribution is 0.896. The van der Waals surface area contributed by atoms with Crippen molar-refractivity contribution >= 4 is 0 Å². The Morgan fingerprint density at radius 2 is 1.76 bits per heavy atom. The van der Waals surface area contributed by atoms with Crippen LogP contribution in [0.4, 0.5) is 0 Å². The highest BCUT2D eigenvalue weighted by Gasteiger charge is 2.19. The van der Waals surface area contributed by atoms with Gasteiger partial charge in [0.05, 0.1) is 0 Å². The van der Waals surface area contributed by atoms with Crippen LogP contribution >= 0.6 is 0 Å². The van der Waals surface area contributed by atoms with E-state index in [9.17, 15) is 0 Å². The molecule has 2 aromatic rings. The summed E-state index contributed by atoms with van der Waals surface area (Å²) in [4.78, 5) is 4.79. The standard InChI is InChI=1S/C16H17N/c1-11-14-9-6-10-15(14)17-12(2)16(11)13-7-4-3-5-8-13/h3-5,7-8H,6,9-10H2,1-2H3. The molecule has 0 N–H and O–H groups in total. The molecule has 1 nitrogen and oxygen atoms in total. The Kier molecular flexibility index (Phi) is 2.47. The third-order valence-electron chi connectivity index (χ3n) is 3.74. The normalized spacial score (nSPS) is 13.8. The van der Waals surface area contributed by atoms with Crippen LogP contribution in [0.15, 0.2) is 30.3 Å². The number of aryl methyl sites for hydroxylation is 2. The zero-order valence-corrected chi connectivity index (χ0v) is 10.5. The molecular weight excluding hydrogens is 206 g/mol. The van der Waals surface area contributed by atoms with Gasteiger partial charge in [0, 0.05) is 17.0 Å². The van der Waals surface area contributed by atoms with Gasteiger partial charge < -0.3 is 0 Å². The minimum atomic E-state index is 1.16. The molecular formula is C16H17N. The van der Waals surface area contributed by atoms with Crippen molar-refractivity contribution in [1.82, 2.24) is 4.98 Å². The maximum atomic E-state index is 4.79. The maximum absolute atomic E-state index is 4.79. The second kappa shape index (κ2) is 3.99. The zero-order chi connectivity index (χ0) is 11.8. The first-order valence-electron chi connectivity index (χ1n) is 6.32. The minimum Gasteiger partial charge on any atom is -0.257 e. The molecule has 0 unspecified atom stereocenters. The van der Waals surface area contributed by atoms with Crippen LogP contribution in [0.1, 0.15) is 28.9 Å². The summed E-state index contributed by atoms with van der Waals surface area (Å²) < 4.78 is 0. The predicted octanol–water partition coefficient (Wildman–Crippen LogP) is 3.85. The third-order valence-corrected chi connectivity index (χ3v) is 3.74. The Hall–Kier alpha value is -1.63. The van der Waals surface area contributed by atoms with Gasteiger partial charge in [-0.1, -0.05) is 30.3 Å². The summed E-state index contributed by atoms with van der Waals surface area (Å²) in [5.74, 6) is 0. The Morgan fingerprint density at radius 3 is 2.53 bits per heavy atom. The third kappa shape index (κ3) is 1.66. The quantitative estimate of drug-likeness (QED) is 0.715. The van der Waals surface area contributed by atoms with E-state index < -0.39 is 0 Å². The highest BCUT2D eigenvalue weighted by atomic mass is 14.7. The van der Waals surface area contributed by atoms with E-state index in [-0.39, 0.29) is 0 Å². The van der Waals surface area contributed by atoms with E-state index in [0.717, 1.165) is 6.42 Å². The van der Waals surface area contributed by atoms with Crippen molar-refractivity contribution < 1.29 is 0 Å². The second-order valence-corrected chi connectivity index (χ2v) is 4.84. The smallest absolute Gasteiger partial charge is 0.0457 e. The molecule has 86 valence electrons. The summed E-state index contributed by atoms with van der Waals surface area (Å²) in [6.45, 7) is 4.38. The van der Waals surface area contributed by atoms with Crippen molar-refractivity contribution in [3.63, 3.8) is 0 Å². The molecule has 0 bridgehead atoms. The van der Waals surface area contributed by atoms with E-state index in [1.807, 2.05) is 0 Å². The Bertz CT molecular complexity index is 555. The molecule has 1 aliphatic carbocycles. The summed E-state index contributed by atoms with van der Waals surface area (Å²) >= 11 is 0. The van der Waals surface area contributed by atoms with E-state index in [2.05, 4.69) is 44.2 Å². The van der Waals surface area contributed by atoms with Crippen LogP contribution < -0.4 is 0 Å². The average molecular weight is 223 g/mol. The van der Waals surface area contributed by atoms with Crippen molar-refractivity contribution in [3.8, 4) is 11.1 Å². The van der Waals surface area contributed by atoms with Crippen molar-refractivity contribution in [2.45, 2.75) is 33.1 Å². The summed E-state index contributed by atoms with van der Waals surface area (Å²) in [5.41, 5.74) is 8.08. The van der Waals surface area contributed by atoms with Crippen molar-refractivity contribution in [1.29, 1.82) is 0 Å². The topological polar surface area (TPSA) is 12.9 Å². The van der Waals surface area contributed by atoms with Gasteiger partial charge in [-0.05, 0) is 49.8 Å². The molecule has 1 aromatic heterocycles. The molecule has 1 heterocycles. The molecule has 0 saturated heterocycles. The van der Waals surface area contributed by atoms with E-state index in [4.69, 9.17) is 4.98 Å². The minimum absolute atomic E-state index is 1.16. The highest BCUT2D eigenvalue weighted by molar-refractivity contribution is 5.71. The van der Waals surface area contributed by atoms with Gasteiger partial charge in [-0.3, -0.25) is 4.98 Å². The van der Waals surface area contributed by atoms with Crippen LogP contribution in [0.2, 0.25) is 0 Å². The first kappa shape index (κ1) is 10.5. The highest BCUT2D eigenvalue weighted by Crippen LogP contribution is 2.33. The van der Waals surface area contributed by atoms with E-state index >= 15 is 0 Å². The Labute approximate surface area is 103 Å². The molecule has 3 rings (SSSR count). The van der Waals surface area contributed by atoms with Crippen molar-refractivity contribution in [2.24, 2.45) is 0 Å². The molecule has 0 fully saturated rings. The van der Waals surface area contributed by atoms with Crippen LogP contribution in [0, 0.1) is 13.8 Å². The number of benzene rings is 1. The zero-order valence-electron chi connectivity index (χ0n) is 10.5. The SMILES string of the molecule is Cc1nc2c(c(C)c1-c1ccccc1)CCC2. The lowest BCUT2D eigenvalue weighted by Crippen LogP contribution is -1.99. The van der Waals surface area contributed by atoms with E-state index in [1.165, 1.54) is 46.5 Å². The summed E-state index contributed by atoms with van der Waals surface area (Å²) in [7, 11) is 0. The van der Waals surface area contributed by atoms with Gasteiger partial charge in [0.1, 0.15) is 0 Å². The molecule has 1 aromatic carbocycles. The molecule has 0 atom stereocenters. The maximum Gasteiger partial charge on any atom is 0.0457 e. The van der Waals surface area contributed by atoms with Crippen LogP contribution in [-0.4, -0.2) is 4.98 Å². The first-order chi connectivity index (χ1) is 8.27. The van der Waals surface area contributed by atoms with Gasteiger partial charge in [0.2, 0.25) is 0 Å². The number of pyridine rings is 1. The molecule has 0 radical (unpaired) electrons. The van der Waals surface area contributed by atoms with Crippen LogP contribution in [0.25, 0.3) is 11.1 Å². The number of nitrogens with zero attached hydrogens (tertiary/aromatic N) is 1. The summed E-state index contributed by atoms with van der Waals surface area (Å²) in [6.07, 6.45) is 3.63. The van der Waals surface area contributed by atoms with Crippen LogP contribution in [0.3, 0.4) is 0 Å². The van der Waals surface area contributed by atoms with E-state index in [1.54, 1.807) is 0 Å². The van der Waals surface area contributed by atoms with Crippen LogP contribution in [0.5, 0.6) is 0 Å². The summed E-state index contributed by atoms with van der Waals surface area (Å²) in [5, 5.41) is 0. The van der Waals surface area contributed by atoms with Gasteiger partial charge in [-0.2, -0.15) is 0 Å². The molecule has 0 spiro atoms. The largest absolute Gasteiger partial charge is 0.257 e. The number of fused-ring (bicyclic) bond motifs is 1. The number of hydrogen-bond acceptors (Lipinski definition) is 1. The first-order valence-corrected chi connectivity index (χ1v) is 6.32. The average Bonchev–Trinajstić information content (AvgIpc) is 2.78. The monoisotopic (exact) mass is 223 g/mol. The summed E-state index contributed by atoms with van der Waals surface area (Å²) in [6, 6.07) is 10.6. The Balaban J connectivity index is 2.24. The lowest BCUT2D eigenvalue weighted by atomic mass is 9.95. The lowest BCUT2D eigenvalue weighted by Gasteiger charge is -2.14. The van der Waals surface area contributed by atoms with Gasteiger partial charge in [-0.25, -0.2) is 0 Å². The molecule has 1 heteroatoms. The van der Waals surface area contributed by atoms with Crippen molar-refractivity contribution in [3.05, 3.63) is 52.8 Å². The van der Waals surface area contributed by atoms with Crippen molar-refractivity contribution in [2.75, 3.05) is 0 Å². The van der Waals surface area contributed by atoms with Gasteiger partial charge in [0.25, 0.3) is 0 Å². The molecule has 1 aliphatic rings. The Morgan fingerprint density at radius 1 is 1.00 bits per heavy atom.